The van der Waals surface area contributed by atoms with E-state index in [1.54, 1.807) is 23.5 Å². The number of hydrogen-bond donors (Lipinski definition) is 2. The predicted molar refractivity (Wildman–Crippen MR) is 92.5 cm³/mol. The van der Waals surface area contributed by atoms with Crippen molar-refractivity contribution in [1.82, 2.24) is 10.9 Å². The normalized spacial score (nSPS) is 14.0. The lowest BCUT2D eigenvalue weighted by molar-refractivity contribution is 0.0851. The van der Waals surface area contributed by atoms with Crippen molar-refractivity contribution in [2.75, 3.05) is 0 Å². The Balaban J connectivity index is 1.61. The summed E-state index contributed by atoms with van der Waals surface area (Å²) in [4.78, 5) is 26.6. The predicted octanol–water partition coefficient (Wildman–Crippen LogP) is 3.92. The fraction of sp³-hybridized carbons (Fsp3) is 0.333. The average Bonchev–Trinajstić information content (AvgIpc) is 3.06. The molecular weight excluding hydrogens is 384 g/mol. The average molecular weight is 399 g/mol. The van der Waals surface area contributed by atoms with Gasteiger partial charge in [0.2, 0.25) is 0 Å². The van der Waals surface area contributed by atoms with Crippen molar-refractivity contribution in [2.24, 2.45) is 0 Å². The van der Waals surface area contributed by atoms with Crippen LogP contribution < -0.4 is 10.9 Å². The number of aryl methyl sites for hydroxylation is 2. The van der Waals surface area contributed by atoms with Gasteiger partial charge in [0.25, 0.3) is 11.8 Å². The van der Waals surface area contributed by atoms with Gasteiger partial charge < -0.3 is 0 Å². The van der Waals surface area contributed by atoms with Crippen LogP contribution in [0.5, 0.6) is 0 Å². The minimum absolute atomic E-state index is 0.248. The van der Waals surface area contributed by atoms with E-state index in [0.29, 0.717) is 9.75 Å². The summed E-state index contributed by atoms with van der Waals surface area (Å²) in [5.74, 6) is -0.552. The van der Waals surface area contributed by atoms with Gasteiger partial charge in [-0.3, -0.25) is 20.4 Å². The molecule has 3 rings (SSSR count). The molecule has 0 spiro atoms. The molecule has 2 aromatic rings. The number of halogens is 1. The Hall–Kier alpha value is -1.18. The fourth-order valence-corrected chi connectivity index (χ4v) is 4.88. The Morgan fingerprint density at radius 1 is 0.955 bits per heavy atom. The number of rotatable bonds is 2. The van der Waals surface area contributed by atoms with Crippen molar-refractivity contribution in [2.45, 2.75) is 32.1 Å². The number of carbonyl (C=O) groups excluding carboxylic acids is 2. The Labute approximate surface area is 145 Å². The molecule has 7 heteroatoms. The number of amides is 2. The Kier molecular flexibility index (Phi) is 4.95. The highest BCUT2D eigenvalue weighted by atomic mass is 79.9. The van der Waals surface area contributed by atoms with E-state index in [4.69, 9.17) is 0 Å². The minimum Gasteiger partial charge on any atom is -0.266 e. The van der Waals surface area contributed by atoms with Gasteiger partial charge in [-0.2, -0.15) is 0 Å². The van der Waals surface area contributed by atoms with E-state index < -0.39 is 0 Å². The maximum Gasteiger partial charge on any atom is 0.279 e. The maximum absolute atomic E-state index is 12.2. The molecule has 22 heavy (non-hydrogen) atoms. The third-order valence-electron chi connectivity index (χ3n) is 3.56. The monoisotopic (exact) mass is 398 g/mol. The van der Waals surface area contributed by atoms with Crippen molar-refractivity contribution < 1.29 is 9.59 Å². The topological polar surface area (TPSA) is 58.2 Å². The summed E-state index contributed by atoms with van der Waals surface area (Å²) < 4.78 is 0.881. The summed E-state index contributed by atoms with van der Waals surface area (Å²) in [5.41, 5.74) is 6.25. The first-order valence-electron chi connectivity index (χ1n) is 7.11. The zero-order chi connectivity index (χ0) is 15.5. The van der Waals surface area contributed by atoms with Gasteiger partial charge in [-0.25, -0.2) is 0 Å². The first-order valence-corrected chi connectivity index (χ1v) is 9.53. The van der Waals surface area contributed by atoms with E-state index in [1.165, 1.54) is 41.0 Å². The zero-order valence-electron chi connectivity index (χ0n) is 11.8. The Morgan fingerprint density at radius 2 is 1.68 bits per heavy atom. The number of carbonyl (C=O) groups is 2. The maximum atomic E-state index is 12.2. The van der Waals surface area contributed by atoms with Crippen LogP contribution in [0.25, 0.3) is 0 Å². The molecule has 0 atom stereocenters. The molecular formula is C15H15BrN2O2S2. The van der Waals surface area contributed by atoms with Crippen molar-refractivity contribution in [3.63, 3.8) is 0 Å². The van der Waals surface area contributed by atoms with Crippen LogP contribution in [0.2, 0.25) is 0 Å². The summed E-state index contributed by atoms with van der Waals surface area (Å²) in [6, 6.07) is 5.48. The van der Waals surface area contributed by atoms with Crippen LogP contribution in [0, 0.1) is 0 Å². The molecule has 2 amide bonds. The third kappa shape index (κ3) is 3.59. The summed E-state index contributed by atoms with van der Waals surface area (Å²) in [7, 11) is 0. The molecule has 4 nitrogen and oxygen atoms in total. The molecule has 0 bridgehead atoms. The molecule has 1 aliphatic rings. The lowest BCUT2D eigenvalue weighted by Gasteiger charge is -2.04. The number of fused-ring (bicyclic) bond motifs is 1. The summed E-state index contributed by atoms with van der Waals surface area (Å²) >= 11 is 6.17. The lowest BCUT2D eigenvalue weighted by atomic mass is 10.1. The second-order valence-electron chi connectivity index (χ2n) is 5.13. The second kappa shape index (κ2) is 6.93. The van der Waals surface area contributed by atoms with Crippen LogP contribution in [0.4, 0.5) is 0 Å². The first-order chi connectivity index (χ1) is 10.6. The van der Waals surface area contributed by atoms with E-state index in [-0.39, 0.29) is 11.8 Å². The van der Waals surface area contributed by atoms with Crippen molar-refractivity contribution >= 4 is 50.4 Å². The summed E-state index contributed by atoms with van der Waals surface area (Å²) in [6.07, 6.45) is 5.75. The van der Waals surface area contributed by atoms with Crippen molar-refractivity contribution in [1.29, 1.82) is 0 Å². The molecule has 0 aliphatic heterocycles. The number of hydrogen-bond acceptors (Lipinski definition) is 4. The highest BCUT2D eigenvalue weighted by molar-refractivity contribution is 9.11. The molecule has 0 saturated heterocycles. The third-order valence-corrected chi connectivity index (χ3v) is 6.42. The SMILES string of the molecule is O=C(NNC(=O)c1cc2c(s1)CCCCC2)c1ccc(Br)s1. The van der Waals surface area contributed by atoms with Gasteiger partial charge in [0.05, 0.1) is 13.5 Å². The molecule has 0 saturated carbocycles. The van der Waals surface area contributed by atoms with E-state index >= 15 is 0 Å². The zero-order valence-corrected chi connectivity index (χ0v) is 15.0. The molecule has 0 aromatic carbocycles. The first kappa shape index (κ1) is 15.7. The number of nitrogens with one attached hydrogen (secondary N) is 2. The minimum atomic E-state index is -0.304. The van der Waals surface area contributed by atoms with Crippen molar-refractivity contribution in [3.8, 4) is 0 Å². The number of thiophene rings is 2. The number of hydrazine groups is 1. The smallest absolute Gasteiger partial charge is 0.266 e. The second-order valence-corrected chi connectivity index (χ2v) is 8.73. The van der Waals surface area contributed by atoms with E-state index in [2.05, 4.69) is 26.8 Å². The Morgan fingerprint density at radius 3 is 2.41 bits per heavy atom. The highest BCUT2D eigenvalue weighted by Gasteiger charge is 2.17. The van der Waals surface area contributed by atoms with Gasteiger partial charge in [-0.15, -0.1) is 22.7 Å². The highest BCUT2D eigenvalue weighted by Crippen LogP contribution is 2.28. The molecule has 0 fully saturated rings. The van der Waals surface area contributed by atoms with Crippen LogP contribution in [-0.2, 0) is 12.8 Å². The van der Waals surface area contributed by atoms with Gasteiger partial charge >= 0.3 is 0 Å². The van der Waals surface area contributed by atoms with Gasteiger partial charge in [0.15, 0.2) is 0 Å². The summed E-state index contributed by atoms with van der Waals surface area (Å²) in [6.45, 7) is 0. The summed E-state index contributed by atoms with van der Waals surface area (Å²) in [5, 5.41) is 0. The van der Waals surface area contributed by atoms with Gasteiger partial charge in [-0.05, 0) is 65.4 Å². The molecule has 2 N–H and O–H groups in total. The van der Waals surface area contributed by atoms with Crippen molar-refractivity contribution in [3.05, 3.63) is 42.2 Å². The van der Waals surface area contributed by atoms with Gasteiger partial charge in [0, 0.05) is 4.88 Å². The molecule has 2 heterocycles. The lowest BCUT2D eigenvalue weighted by Crippen LogP contribution is -2.41. The molecule has 0 unspecified atom stereocenters. The van der Waals surface area contributed by atoms with Crippen LogP contribution in [0.1, 0.15) is 49.0 Å². The molecule has 116 valence electrons. The van der Waals surface area contributed by atoms with E-state index in [0.717, 1.165) is 16.6 Å². The van der Waals surface area contributed by atoms with E-state index in [9.17, 15) is 9.59 Å². The van der Waals surface area contributed by atoms with Crippen LogP contribution in [0.3, 0.4) is 0 Å². The van der Waals surface area contributed by atoms with Crippen LogP contribution >= 0.6 is 38.6 Å². The van der Waals surface area contributed by atoms with E-state index in [1.807, 2.05) is 6.07 Å². The van der Waals surface area contributed by atoms with Gasteiger partial charge in [-0.1, -0.05) is 6.42 Å². The largest absolute Gasteiger partial charge is 0.279 e. The van der Waals surface area contributed by atoms with Crippen LogP contribution in [0.15, 0.2) is 22.0 Å². The van der Waals surface area contributed by atoms with Crippen LogP contribution in [-0.4, -0.2) is 11.8 Å². The standard InChI is InChI=1S/C15H15BrN2O2S2/c16-13-7-6-11(22-13)14(19)17-18-15(20)12-8-9-4-2-1-3-5-10(9)21-12/h6-8H,1-5H2,(H,17,19)(H,18,20). The Bertz CT molecular complexity index is 685. The molecule has 0 radical (unpaired) electrons. The fourth-order valence-electron chi connectivity index (χ4n) is 2.45. The van der Waals surface area contributed by atoms with Gasteiger partial charge in [0.1, 0.15) is 0 Å². The molecule has 2 aromatic heterocycles. The molecule has 1 aliphatic carbocycles. The quantitative estimate of drug-likeness (QED) is 0.594.